The second-order valence-corrected chi connectivity index (χ2v) is 10.5. The summed E-state index contributed by atoms with van der Waals surface area (Å²) in [6, 6.07) is 19.3. The molecule has 0 radical (unpaired) electrons. The number of phenols is 1. The van der Waals surface area contributed by atoms with E-state index in [1.54, 1.807) is 36.3 Å². The largest absolute Gasteiger partial charge is 0.507 e. The molecule has 2 N–H and O–H groups in total. The molecule has 0 aromatic heterocycles. The lowest BCUT2D eigenvalue weighted by molar-refractivity contribution is 0.0693. The zero-order valence-electron chi connectivity index (χ0n) is 24.3. The molecule has 3 aliphatic heterocycles. The molecule has 1 unspecified atom stereocenters. The van der Waals surface area contributed by atoms with Gasteiger partial charge in [0, 0.05) is 18.7 Å². The van der Waals surface area contributed by atoms with Crippen molar-refractivity contribution in [3.05, 3.63) is 106 Å². The van der Waals surface area contributed by atoms with Crippen molar-refractivity contribution >= 4 is 11.8 Å². The first-order chi connectivity index (χ1) is 21.4. The lowest BCUT2D eigenvalue weighted by atomic mass is 9.87. The molecule has 7 rings (SSSR count). The van der Waals surface area contributed by atoms with Crippen molar-refractivity contribution in [2.75, 3.05) is 33.9 Å². The molecule has 4 aromatic carbocycles. The molecule has 3 aliphatic rings. The molecule has 0 saturated carbocycles. The second kappa shape index (κ2) is 12.2. The van der Waals surface area contributed by atoms with Gasteiger partial charge in [0.1, 0.15) is 17.2 Å². The maximum Gasteiger partial charge on any atom is 0.255 e. The van der Waals surface area contributed by atoms with E-state index < -0.39 is 17.8 Å². The predicted octanol–water partition coefficient (Wildman–Crippen LogP) is 5.64. The van der Waals surface area contributed by atoms with Gasteiger partial charge in [-0.1, -0.05) is 12.1 Å². The third-order valence-electron chi connectivity index (χ3n) is 7.82. The Morgan fingerprint density at radius 1 is 0.977 bits per heavy atom. The first-order valence-corrected chi connectivity index (χ1v) is 14.2. The average Bonchev–Trinajstić information content (AvgIpc) is 3.04. The second-order valence-electron chi connectivity index (χ2n) is 10.5. The number of nitrogens with one attached hydrogen (secondary N) is 1. The van der Waals surface area contributed by atoms with Gasteiger partial charge in [-0.15, -0.1) is 0 Å². The number of nitrogens with zero attached hydrogens (tertiary/aromatic N) is 1. The van der Waals surface area contributed by atoms with Gasteiger partial charge >= 0.3 is 0 Å². The van der Waals surface area contributed by atoms with Crippen molar-refractivity contribution in [2.45, 2.75) is 18.9 Å². The number of hydrogen-bond acceptors (Lipinski definition) is 7. The number of aromatic hydroxyl groups is 1. The Labute approximate surface area is 253 Å². The van der Waals surface area contributed by atoms with Gasteiger partial charge < -0.3 is 34.3 Å². The molecule has 10 heteroatoms. The van der Waals surface area contributed by atoms with Gasteiger partial charge in [-0.3, -0.25) is 9.59 Å². The molecule has 0 saturated heterocycles. The van der Waals surface area contributed by atoms with Crippen LogP contribution >= 0.6 is 0 Å². The number of amides is 2. The zero-order valence-corrected chi connectivity index (χ0v) is 24.3. The quantitative estimate of drug-likeness (QED) is 0.314. The normalized spacial score (nSPS) is 16.1. The molecule has 3 heterocycles. The van der Waals surface area contributed by atoms with Crippen molar-refractivity contribution < 1.29 is 38.0 Å². The van der Waals surface area contributed by atoms with Crippen molar-refractivity contribution in [1.29, 1.82) is 0 Å². The van der Waals surface area contributed by atoms with Gasteiger partial charge in [0.05, 0.1) is 32.4 Å². The van der Waals surface area contributed by atoms with Gasteiger partial charge in [-0.05, 0) is 90.2 Å². The zero-order chi connectivity index (χ0) is 30.8. The number of carbonyl (C=O) groups is 2. The number of methoxy groups -OCH3 is 2. The van der Waals surface area contributed by atoms with Gasteiger partial charge in [-0.2, -0.15) is 0 Å². The van der Waals surface area contributed by atoms with E-state index in [4.69, 9.17) is 18.9 Å². The maximum atomic E-state index is 14.6. The van der Waals surface area contributed by atoms with Crippen molar-refractivity contribution in [1.82, 2.24) is 10.2 Å². The number of fused-ring (bicyclic) bond motifs is 6. The monoisotopic (exact) mass is 598 g/mol. The van der Waals surface area contributed by atoms with E-state index in [0.717, 1.165) is 16.7 Å². The Hall–Kier alpha value is -5.25. The first kappa shape index (κ1) is 28.9. The highest BCUT2D eigenvalue weighted by Crippen LogP contribution is 2.41. The molecular formula is C34H31FN2O7. The van der Waals surface area contributed by atoms with Crippen LogP contribution in [0.5, 0.6) is 34.5 Å². The molecular weight excluding hydrogens is 567 g/mol. The van der Waals surface area contributed by atoms with E-state index in [0.29, 0.717) is 48.9 Å². The van der Waals surface area contributed by atoms with Crippen LogP contribution in [0.25, 0.3) is 0 Å². The van der Waals surface area contributed by atoms with Crippen LogP contribution in [-0.2, 0) is 6.42 Å². The number of ether oxygens (including phenoxy) is 4. The molecule has 226 valence electrons. The SMILES string of the molecule is COc1ccc(C(=O)N2CCc3cc4ccc3C2c2ccc(OC)c(c2)OCCCNC(=O)c2cc(ccc2O)O4)cc1F. The summed E-state index contributed by atoms with van der Waals surface area (Å²) >= 11 is 0. The van der Waals surface area contributed by atoms with E-state index in [1.165, 1.54) is 31.4 Å². The molecule has 8 bridgehead atoms. The van der Waals surface area contributed by atoms with Crippen LogP contribution in [0.4, 0.5) is 4.39 Å². The maximum absolute atomic E-state index is 14.6. The molecule has 0 spiro atoms. The average molecular weight is 599 g/mol. The Morgan fingerprint density at radius 3 is 2.55 bits per heavy atom. The fraction of sp³-hybridized carbons (Fsp3) is 0.235. The summed E-state index contributed by atoms with van der Waals surface area (Å²) < 4.78 is 37.4. The minimum absolute atomic E-state index is 0.0616. The number of hydrogen-bond donors (Lipinski definition) is 2. The number of benzene rings is 4. The van der Waals surface area contributed by atoms with Crippen LogP contribution < -0.4 is 24.3 Å². The summed E-state index contributed by atoms with van der Waals surface area (Å²) in [5.74, 6) is 0.471. The number of rotatable bonds is 3. The Kier molecular flexibility index (Phi) is 7.97. The lowest BCUT2D eigenvalue weighted by Gasteiger charge is -2.38. The third-order valence-corrected chi connectivity index (χ3v) is 7.82. The summed E-state index contributed by atoms with van der Waals surface area (Å²) in [6.07, 6.45) is 1.01. The highest BCUT2D eigenvalue weighted by Gasteiger charge is 2.34. The number of phenolic OH excluding ortho intramolecular Hbond substituents is 1. The predicted molar refractivity (Wildman–Crippen MR) is 160 cm³/mol. The fourth-order valence-corrected chi connectivity index (χ4v) is 5.63. The van der Waals surface area contributed by atoms with Gasteiger partial charge in [0.15, 0.2) is 23.1 Å². The third kappa shape index (κ3) is 5.58. The first-order valence-electron chi connectivity index (χ1n) is 14.2. The molecule has 1 atom stereocenters. The topological polar surface area (TPSA) is 107 Å². The molecule has 44 heavy (non-hydrogen) atoms. The minimum atomic E-state index is -0.615. The lowest BCUT2D eigenvalue weighted by Crippen LogP contribution is -2.40. The van der Waals surface area contributed by atoms with E-state index >= 15 is 0 Å². The van der Waals surface area contributed by atoms with Crippen LogP contribution in [0.2, 0.25) is 0 Å². The smallest absolute Gasteiger partial charge is 0.255 e. The Bertz CT molecular complexity index is 1740. The fourth-order valence-electron chi connectivity index (χ4n) is 5.63. The summed E-state index contributed by atoms with van der Waals surface area (Å²) in [7, 11) is 2.92. The summed E-state index contributed by atoms with van der Waals surface area (Å²) in [5, 5.41) is 13.1. The molecule has 9 nitrogen and oxygen atoms in total. The van der Waals surface area contributed by atoms with E-state index in [1.807, 2.05) is 24.3 Å². The summed E-state index contributed by atoms with van der Waals surface area (Å²) in [5.41, 5.74) is 2.94. The van der Waals surface area contributed by atoms with Gasteiger partial charge in [0.2, 0.25) is 0 Å². The number of carbonyl (C=O) groups excluding carboxylic acids is 2. The van der Waals surface area contributed by atoms with Crippen molar-refractivity contribution in [3.63, 3.8) is 0 Å². The van der Waals surface area contributed by atoms with E-state index in [9.17, 15) is 19.1 Å². The highest BCUT2D eigenvalue weighted by molar-refractivity contribution is 5.97. The molecule has 4 aromatic rings. The number of halogens is 1. The molecule has 2 amide bonds. The standard InChI is InChI=1S/C34H31FN2O7/c1-41-29-10-5-22(17-27(29)35)34(40)37-14-12-20-16-23-6-8-25(20)32(37)21-4-11-30(42-2)31(18-21)43-15-3-13-36-33(39)26-19-24(44-23)7-9-28(26)38/h4-11,16-19,32,38H,3,12-15H2,1-2H3,(H,36,39). The minimum Gasteiger partial charge on any atom is -0.507 e. The summed E-state index contributed by atoms with van der Waals surface area (Å²) in [4.78, 5) is 28.5. The van der Waals surface area contributed by atoms with Crippen LogP contribution in [0.15, 0.2) is 72.8 Å². The van der Waals surface area contributed by atoms with Crippen LogP contribution in [0.3, 0.4) is 0 Å². The van der Waals surface area contributed by atoms with Crippen LogP contribution in [-0.4, -0.2) is 55.7 Å². The van der Waals surface area contributed by atoms with Crippen molar-refractivity contribution in [3.8, 4) is 34.5 Å². The highest BCUT2D eigenvalue weighted by atomic mass is 19.1. The molecule has 0 fully saturated rings. The van der Waals surface area contributed by atoms with Gasteiger partial charge in [-0.25, -0.2) is 4.39 Å². The Balaban J connectivity index is 1.45. The Morgan fingerprint density at radius 2 is 1.75 bits per heavy atom. The van der Waals surface area contributed by atoms with E-state index in [2.05, 4.69) is 5.32 Å². The summed E-state index contributed by atoms with van der Waals surface area (Å²) in [6.45, 7) is 0.936. The van der Waals surface area contributed by atoms with Gasteiger partial charge in [0.25, 0.3) is 11.8 Å². The van der Waals surface area contributed by atoms with Crippen LogP contribution in [0, 0.1) is 5.82 Å². The van der Waals surface area contributed by atoms with E-state index in [-0.39, 0.29) is 35.1 Å². The van der Waals surface area contributed by atoms with Crippen LogP contribution in [0.1, 0.15) is 49.9 Å². The van der Waals surface area contributed by atoms with Crippen molar-refractivity contribution in [2.24, 2.45) is 0 Å². The molecule has 0 aliphatic carbocycles.